The van der Waals surface area contributed by atoms with Crippen molar-refractivity contribution in [1.82, 2.24) is 15.5 Å². The van der Waals surface area contributed by atoms with Gasteiger partial charge in [-0.05, 0) is 31.4 Å². The molecule has 0 bridgehead atoms. The smallest absolute Gasteiger partial charge is 0.243 e. The molecule has 4 nitrogen and oxygen atoms in total. The summed E-state index contributed by atoms with van der Waals surface area (Å²) in [7, 11) is 0. The highest BCUT2D eigenvalue weighted by Crippen LogP contribution is 2.25. The third-order valence-electron chi connectivity index (χ3n) is 3.48. The predicted molar refractivity (Wildman–Crippen MR) is 83.9 cm³/mol. The molecule has 7 heteroatoms. The van der Waals surface area contributed by atoms with E-state index in [1.165, 1.54) is 23.5 Å². The van der Waals surface area contributed by atoms with Crippen LogP contribution in [0.25, 0.3) is 10.7 Å². The highest BCUT2D eigenvalue weighted by Gasteiger charge is 2.20. The van der Waals surface area contributed by atoms with E-state index in [1.54, 1.807) is 6.92 Å². The molecule has 0 aliphatic carbocycles. The van der Waals surface area contributed by atoms with Gasteiger partial charge < -0.3 is 4.52 Å². The molecule has 0 saturated carbocycles. The molecule has 2 heterocycles. The topological polar surface area (TPSA) is 51.0 Å². The number of thiophene rings is 1. The van der Waals surface area contributed by atoms with Crippen LogP contribution in [0.15, 0.2) is 40.2 Å². The van der Waals surface area contributed by atoms with Crippen molar-refractivity contribution >= 4 is 11.3 Å². The number of nitrogens with zero attached hydrogens (tertiary/aromatic N) is 2. The minimum Gasteiger partial charge on any atom is -0.337 e. The van der Waals surface area contributed by atoms with Crippen molar-refractivity contribution < 1.29 is 13.3 Å². The first-order valence-electron chi connectivity index (χ1n) is 7.13. The van der Waals surface area contributed by atoms with Gasteiger partial charge in [-0.25, -0.2) is 8.78 Å². The quantitative estimate of drug-likeness (QED) is 0.746. The van der Waals surface area contributed by atoms with E-state index in [2.05, 4.69) is 15.5 Å². The molecule has 0 radical (unpaired) electrons. The highest BCUT2D eigenvalue weighted by molar-refractivity contribution is 7.13. The molecule has 1 aromatic carbocycles. The van der Waals surface area contributed by atoms with Crippen LogP contribution in [0, 0.1) is 11.6 Å². The van der Waals surface area contributed by atoms with Gasteiger partial charge in [0.2, 0.25) is 11.7 Å². The van der Waals surface area contributed by atoms with Crippen molar-refractivity contribution in [2.75, 3.05) is 0 Å². The Balaban J connectivity index is 1.72. The van der Waals surface area contributed by atoms with E-state index < -0.39 is 11.6 Å². The number of halogens is 2. The zero-order valence-electron chi connectivity index (χ0n) is 12.6. The van der Waals surface area contributed by atoms with Gasteiger partial charge in [-0.1, -0.05) is 17.3 Å². The molecule has 23 heavy (non-hydrogen) atoms. The van der Waals surface area contributed by atoms with Crippen LogP contribution in [-0.4, -0.2) is 10.1 Å². The fourth-order valence-electron chi connectivity index (χ4n) is 2.31. The van der Waals surface area contributed by atoms with E-state index in [9.17, 15) is 8.78 Å². The maximum Gasteiger partial charge on any atom is 0.243 e. The summed E-state index contributed by atoms with van der Waals surface area (Å²) in [6.07, 6.45) is 0. The Hall–Kier alpha value is -2.12. The minimum atomic E-state index is -0.594. The maximum absolute atomic E-state index is 13.8. The van der Waals surface area contributed by atoms with E-state index in [0.29, 0.717) is 17.3 Å². The van der Waals surface area contributed by atoms with Crippen molar-refractivity contribution in [3.8, 4) is 10.7 Å². The summed E-state index contributed by atoms with van der Waals surface area (Å²) in [5, 5.41) is 9.06. The molecule has 0 amide bonds. The Morgan fingerprint density at radius 2 is 2.00 bits per heavy atom. The van der Waals surface area contributed by atoms with Gasteiger partial charge in [-0.2, -0.15) is 4.98 Å². The lowest BCUT2D eigenvalue weighted by molar-refractivity contribution is 0.326. The van der Waals surface area contributed by atoms with Crippen molar-refractivity contribution in [3.63, 3.8) is 0 Å². The fourth-order valence-corrected chi connectivity index (χ4v) is 2.95. The summed E-state index contributed by atoms with van der Waals surface area (Å²) in [6.45, 7) is 3.65. The molecular weight excluding hydrogens is 320 g/mol. The van der Waals surface area contributed by atoms with Gasteiger partial charge in [0.15, 0.2) is 0 Å². The van der Waals surface area contributed by atoms with E-state index in [-0.39, 0.29) is 12.1 Å². The number of aromatic nitrogens is 2. The maximum atomic E-state index is 13.8. The number of hydrogen-bond acceptors (Lipinski definition) is 5. The van der Waals surface area contributed by atoms with Gasteiger partial charge in [0.1, 0.15) is 11.6 Å². The van der Waals surface area contributed by atoms with Crippen molar-refractivity contribution in [3.05, 3.63) is 58.8 Å². The molecule has 0 aliphatic rings. The summed E-state index contributed by atoms with van der Waals surface area (Å²) >= 11 is 1.52. The Labute approximate surface area is 136 Å². The molecule has 1 N–H and O–H groups in total. The number of hydrogen-bond donors (Lipinski definition) is 1. The fraction of sp³-hybridized carbons (Fsp3) is 0.250. The molecule has 2 atom stereocenters. The second kappa shape index (κ2) is 6.55. The molecule has 2 unspecified atom stereocenters. The van der Waals surface area contributed by atoms with Gasteiger partial charge in [0.05, 0.1) is 10.9 Å². The van der Waals surface area contributed by atoms with Gasteiger partial charge in [-0.3, -0.25) is 5.32 Å². The highest BCUT2D eigenvalue weighted by atomic mass is 32.1. The third-order valence-corrected chi connectivity index (χ3v) is 4.35. The standard InChI is InChI=1S/C16H15F2N3OS/c1-9(12-6-5-11(17)8-13(12)18)19-10(2)16-20-15(21-22-16)14-4-3-7-23-14/h3-10,19H,1-2H3. The lowest BCUT2D eigenvalue weighted by Crippen LogP contribution is -2.23. The molecule has 120 valence electrons. The summed E-state index contributed by atoms with van der Waals surface area (Å²) < 4.78 is 32.1. The Morgan fingerprint density at radius 3 is 2.70 bits per heavy atom. The van der Waals surface area contributed by atoms with Crippen LogP contribution >= 0.6 is 11.3 Å². The van der Waals surface area contributed by atoms with E-state index in [0.717, 1.165) is 10.9 Å². The minimum absolute atomic E-state index is 0.268. The first-order valence-corrected chi connectivity index (χ1v) is 8.01. The zero-order chi connectivity index (χ0) is 16.4. The molecule has 0 aliphatic heterocycles. The first-order chi connectivity index (χ1) is 11.0. The van der Waals surface area contributed by atoms with E-state index in [1.807, 2.05) is 24.4 Å². The normalized spacial score (nSPS) is 13.9. The summed E-state index contributed by atoms with van der Waals surface area (Å²) in [5.41, 5.74) is 0.385. The van der Waals surface area contributed by atoms with Gasteiger partial charge >= 0.3 is 0 Å². The molecular formula is C16H15F2N3OS. The van der Waals surface area contributed by atoms with Gasteiger partial charge in [0, 0.05) is 17.7 Å². The lowest BCUT2D eigenvalue weighted by Gasteiger charge is -2.18. The summed E-state index contributed by atoms with van der Waals surface area (Å²) in [6, 6.07) is 6.77. The summed E-state index contributed by atoms with van der Waals surface area (Å²) in [5.74, 6) is -0.224. The van der Waals surface area contributed by atoms with Crippen LogP contribution < -0.4 is 5.32 Å². The number of nitrogens with one attached hydrogen (secondary N) is 1. The largest absolute Gasteiger partial charge is 0.337 e. The molecule has 3 aromatic rings. The van der Waals surface area contributed by atoms with Crippen molar-refractivity contribution in [2.45, 2.75) is 25.9 Å². The van der Waals surface area contributed by atoms with Gasteiger partial charge in [-0.15, -0.1) is 11.3 Å². The first kappa shape index (κ1) is 15.8. The molecule has 0 spiro atoms. The van der Waals surface area contributed by atoms with Crippen LogP contribution in [0.3, 0.4) is 0 Å². The molecule has 0 saturated heterocycles. The van der Waals surface area contributed by atoms with Crippen molar-refractivity contribution in [1.29, 1.82) is 0 Å². The second-order valence-electron chi connectivity index (χ2n) is 5.21. The molecule has 0 fully saturated rings. The van der Waals surface area contributed by atoms with Crippen LogP contribution in [0.2, 0.25) is 0 Å². The Bertz CT molecular complexity index is 788. The Morgan fingerprint density at radius 1 is 1.17 bits per heavy atom. The van der Waals surface area contributed by atoms with Crippen molar-refractivity contribution in [2.24, 2.45) is 0 Å². The van der Waals surface area contributed by atoms with Crippen LogP contribution in [0.5, 0.6) is 0 Å². The number of benzene rings is 1. The number of rotatable bonds is 5. The van der Waals surface area contributed by atoms with Crippen LogP contribution in [0.1, 0.15) is 37.4 Å². The zero-order valence-corrected chi connectivity index (χ0v) is 13.4. The average molecular weight is 335 g/mol. The lowest BCUT2D eigenvalue weighted by atomic mass is 10.1. The van der Waals surface area contributed by atoms with Crippen LogP contribution in [-0.2, 0) is 0 Å². The SMILES string of the molecule is CC(NC(C)c1ccc(F)cc1F)c1nc(-c2cccs2)no1. The predicted octanol–water partition coefficient (Wildman–Crippen LogP) is 4.49. The molecule has 3 rings (SSSR count). The van der Waals surface area contributed by atoms with Crippen LogP contribution in [0.4, 0.5) is 8.78 Å². The third kappa shape index (κ3) is 3.46. The second-order valence-corrected chi connectivity index (χ2v) is 6.16. The summed E-state index contributed by atoms with van der Waals surface area (Å²) in [4.78, 5) is 5.27. The van der Waals surface area contributed by atoms with E-state index in [4.69, 9.17) is 4.52 Å². The monoisotopic (exact) mass is 335 g/mol. The van der Waals surface area contributed by atoms with Gasteiger partial charge in [0.25, 0.3) is 0 Å². The molecule has 2 aromatic heterocycles. The average Bonchev–Trinajstić information content (AvgIpc) is 3.18. The Kier molecular flexibility index (Phi) is 4.49. The van der Waals surface area contributed by atoms with E-state index >= 15 is 0 Å².